The zero-order valence-corrected chi connectivity index (χ0v) is 49.2. The molecule has 0 heterocycles. The minimum absolute atomic E-state index is 0. The predicted molar refractivity (Wildman–Crippen MR) is 310 cm³/mol. The third-order valence-electron chi connectivity index (χ3n) is 14.1. The van der Waals surface area contributed by atoms with Gasteiger partial charge in [-0.3, -0.25) is 0 Å². The van der Waals surface area contributed by atoms with Gasteiger partial charge in [-0.15, -0.1) is 10.6 Å². The first-order chi connectivity index (χ1) is 33.5. The van der Waals surface area contributed by atoms with E-state index in [4.69, 9.17) is 0 Å². The average Bonchev–Trinajstić information content (AvgIpc) is 4.12. The number of aryl methyl sites for hydroxylation is 4. The number of hydrogen-bond donors (Lipinski definition) is 0. The summed E-state index contributed by atoms with van der Waals surface area (Å²) in [7, 11) is -1.68. The van der Waals surface area contributed by atoms with E-state index in [0.29, 0.717) is 0 Å². The molecule has 0 amide bonds. The molecule has 6 aromatic rings. The van der Waals surface area contributed by atoms with E-state index in [1.807, 2.05) is 30.3 Å². The quantitative estimate of drug-likeness (QED) is 0.0312. The van der Waals surface area contributed by atoms with E-state index in [9.17, 15) is 0 Å². The smallest absolute Gasteiger partial charge is 0 e. The van der Waals surface area contributed by atoms with Gasteiger partial charge in [-0.25, -0.2) is 12.1 Å². The van der Waals surface area contributed by atoms with Crippen molar-refractivity contribution >= 4 is 47.7 Å². The Labute approximate surface area is 446 Å². The molecule has 0 saturated heterocycles. The van der Waals surface area contributed by atoms with Gasteiger partial charge in [0.1, 0.15) is 0 Å². The topological polar surface area (TPSA) is 0 Å². The van der Waals surface area contributed by atoms with Crippen molar-refractivity contribution in [3.63, 3.8) is 0 Å². The minimum Gasteiger partial charge on any atom is -0.748 e. The second-order valence-electron chi connectivity index (χ2n) is 19.4. The molecule has 0 atom stereocenters. The summed E-state index contributed by atoms with van der Waals surface area (Å²) < 4.78 is 0. The van der Waals surface area contributed by atoms with Crippen molar-refractivity contribution in [2.45, 2.75) is 209 Å². The van der Waals surface area contributed by atoms with Gasteiger partial charge < -0.3 is 30.3 Å². The van der Waals surface area contributed by atoms with Gasteiger partial charge in [-0.05, 0) is 176 Å². The Morgan fingerprint density at radius 1 is 0.333 bits per heavy atom. The standard InChI is InChI=1S/C61H87P2.C5H5.Zr/c1-9-17-30-48-34-25-42-56(52(48)38-21-13-5)62(57-43-26-35-49(31-18-10-2)53(57)39-22-14-6)60-46-29-47-61(60)63(58-44-27-36-50(32-19-11-3)54(58)40-23-15-7)59-45-28-37-51(33-20-12-4)55(59)41-24-16-8;1-2-4-5-3-1;/h25-29,34-37,42-47H,9-24,30-33,38-41H2,1-8H3;1-5H;/q-1;-5;. The van der Waals surface area contributed by atoms with E-state index < -0.39 is 15.8 Å². The monoisotopic (exact) mass is 1040 g/mol. The molecule has 0 spiro atoms. The first-order valence-electron chi connectivity index (χ1n) is 28.0. The Bertz CT molecular complexity index is 1990. The predicted octanol–water partition coefficient (Wildman–Crippen LogP) is 17.1. The van der Waals surface area contributed by atoms with Gasteiger partial charge in [0.15, 0.2) is 0 Å². The van der Waals surface area contributed by atoms with Gasteiger partial charge in [-0.1, -0.05) is 187 Å². The van der Waals surface area contributed by atoms with Crippen molar-refractivity contribution in [3.05, 3.63) is 166 Å². The number of unbranched alkanes of at least 4 members (excludes halogenated alkanes) is 8. The Hall–Kier alpha value is -2.68. The van der Waals surface area contributed by atoms with Crippen LogP contribution < -0.4 is 31.8 Å². The molecule has 0 N–H and O–H groups in total. The molecule has 0 fully saturated rings. The van der Waals surface area contributed by atoms with Gasteiger partial charge in [0.2, 0.25) is 0 Å². The SMILES string of the molecule is CCCCc1cccc(P(c2cccc(CCCC)c2CCCC)c2ccc[c-]2P(c2cccc(CCCC)c2CCCC)c2cccc(CCCC)c2CCCC)c1CCCC.[Zr].[cH-]1[cH-][cH-][cH-][cH-]1. The molecule has 0 aromatic heterocycles. The van der Waals surface area contributed by atoms with Crippen molar-refractivity contribution in [3.8, 4) is 0 Å². The molecular weight excluding hydrogens is 946 g/mol. The summed E-state index contributed by atoms with van der Waals surface area (Å²) in [5.41, 5.74) is 13.1. The fraction of sp³-hybridized carbons (Fsp3) is 0.485. The third kappa shape index (κ3) is 16.9. The maximum absolute atomic E-state index is 2.63. The first kappa shape index (κ1) is 58.9. The summed E-state index contributed by atoms with van der Waals surface area (Å²) in [5.74, 6) is 0. The summed E-state index contributed by atoms with van der Waals surface area (Å²) in [5, 5.41) is 9.84. The van der Waals surface area contributed by atoms with Crippen LogP contribution in [0.2, 0.25) is 0 Å². The van der Waals surface area contributed by atoms with Crippen LogP contribution in [-0.4, -0.2) is 0 Å². The van der Waals surface area contributed by atoms with Crippen molar-refractivity contribution in [1.82, 2.24) is 0 Å². The number of rotatable bonds is 30. The van der Waals surface area contributed by atoms with E-state index in [1.165, 1.54) is 154 Å². The third-order valence-corrected chi connectivity index (χ3v) is 19.6. The van der Waals surface area contributed by atoms with Crippen molar-refractivity contribution in [1.29, 1.82) is 0 Å². The van der Waals surface area contributed by atoms with Crippen LogP contribution in [0.4, 0.5) is 0 Å². The Morgan fingerprint density at radius 3 is 0.913 bits per heavy atom. The Kier molecular flexibility index (Phi) is 28.9. The van der Waals surface area contributed by atoms with E-state index in [-0.39, 0.29) is 26.2 Å². The molecule has 0 nitrogen and oxygen atoms in total. The van der Waals surface area contributed by atoms with Crippen molar-refractivity contribution < 1.29 is 26.2 Å². The molecule has 0 aliphatic carbocycles. The van der Waals surface area contributed by atoms with Crippen LogP contribution in [0.15, 0.2) is 121 Å². The molecule has 0 aliphatic rings. The fourth-order valence-electron chi connectivity index (χ4n) is 10.2. The van der Waals surface area contributed by atoms with Crippen LogP contribution in [0, 0.1) is 0 Å². The van der Waals surface area contributed by atoms with Gasteiger partial charge >= 0.3 is 0 Å². The summed E-state index contributed by atoms with van der Waals surface area (Å²) in [4.78, 5) is 0. The Balaban J connectivity index is 0.00000162. The van der Waals surface area contributed by atoms with Gasteiger partial charge in [0.05, 0.1) is 0 Å². The van der Waals surface area contributed by atoms with Crippen LogP contribution in [-0.2, 0) is 77.6 Å². The van der Waals surface area contributed by atoms with E-state index in [0.717, 1.165) is 0 Å². The van der Waals surface area contributed by atoms with Crippen LogP contribution in [0.3, 0.4) is 0 Å². The normalized spacial score (nSPS) is 11.3. The van der Waals surface area contributed by atoms with Crippen molar-refractivity contribution in [2.75, 3.05) is 0 Å². The summed E-state index contributed by atoms with van der Waals surface area (Å²) >= 11 is 0. The second kappa shape index (κ2) is 33.9. The Morgan fingerprint density at radius 2 is 0.609 bits per heavy atom. The summed E-state index contributed by atoms with van der Waals surface area (Å²) in [6, 6.07) is 47.9. The van der Waals surface area contributed by atoms with E-state index >= 15 is 0 Å². The van der Waals surface area contributed by atoms with Gasteiger partial charge in [-0.2, -0.15) is 6.07 Å². The maximum atomic E-state index is 2.63. The number of benzene rings is 4. The second-order valence-corrected chi connectivity index (χ2v) is 23.6. The minimum atomic E-state index is -0.839. The maximum Gasteiger partial charge on any atom is 0 e. The molecule has 69 heavy (non-hydrogen) atoms. The molecule has 0 radical (unpaired) electrons. The first-order valence-corrected chi connectivity index (χ1v) is 30.6. The molecule has 3 heteroatoms. The van der Waals surface area contributed by atoms with Crippen molar-refractivity contribution in [2.24, 2.45) is 0 Å². The summed E-state index contributed by atoms with van der Waals surface area (Å²) in [6.07, 6.45) is 29.3. The van der Waals surface area contributed by atoms with E-state index in [2.05, 4.69) is 146 Å². The van der Waals surface area contributed by atoms with E-state index in [1.54, 1.807) is 76.3 Å². The molecule has 0 aliphatic heterocycles. The molecule has 0 saturated carbocycles. The van der Waals surface area contributed by atoms with Crippen LogP contribution >= 0.6 is 15.8 Å². The molecule has 6 aromatic carbocycles. The van der Waals surface area contributed by atoms with Crippen LogP contribution in [0.5, 0.6) is 0 Å². The average molecular weight is 1040 g/mol. The van der Waals surface area contributed by atoms with Gasteiger partial charge in [0.25, 0.3) is 0 Å². The molecule has 0 unspecified atom stereocenters. The van der Waals surface area contributed by atoms with Crippen LogP contribution in [0.25, 0.3) is 0 Å². The van der Waals surface area contributed by atoms with Gasteiger partial charge in [0, 0.05) is 26.2 Å². The zero-order valence-electron chi connectivity index (χ0n) is 44.9. The molecule has 376 valence electrons. The zero-order chi connectivity index (χ0) is 48.4. The summed E-state index contributed by atoms with van der Waals surface area (Å²) in [6.45, 7) is 19.0. The number of hydrogen-bond acceptors (Lipinski definition) is 0. The molecule has 0 bridgehead atoms. The van der Waals surface area contributed by atoms with Crippen LogP contribution in [0.1, 0.15) is 203 Å². The molecular formula is C66H92P2Zr-6. The molecule has 6 rings (SSSR count). The largest absolute Gasteiger partial charge is 0.748 e. The fourth-order valence-corrected chi connectivity index (χ4v) is 16.5.